The summed E-state index contributed by atoms with van der Waals surface area (Å²) in [6.45, 7) is 7.61. The second-order valence-electron chi connectivity index (χ2n) is 5.05. The first-order valence-corrected chi connectivity index (χ1v) is 6.69. The van der Waals surface area contributed by atoms with E-state index >= 15 is 0 Å². The number of benzene rings is 1. The lowest BCUT2D eigenvalue weighted by Gasteiger charge is -2.19. The maximum atomic E-state index is 4.44. The van der Waals surface area contributed by atoms with Gasteiger partial charge in [-0.15, -0.1) is 0 Å². The zero-order valence-corrected chi connectivity index (χ0v) is 10.9. The minimum atomic E-state index is 0.987. The van der Waals surface area contributed by atoms with Crippen LogP contribution in [-0.2, 0) is 6.54 Å². The second kappa shape index (κ2) is 5.08. The Morgan fingerprint density at radius 1 is 1.28 bits per heavy atom. The van der Waals surface area contributed by atoms with E-state index in [1.54, 1.807) is 0 Å². The molecule has 1 aromatic heterocycles. The van der Waals surface area contributed by atoms with Gasteiger partial charge in [-0.3, -0.25) is 4.90 Å². The first-order chi connectivity index (χ1) is 8.81. The summed E-state index contributed by atoms with van der Waals surface area (Å²) in [6, 6.07) is 6.54. The molecule has 0 saturated carbocycles. The third-order valence-corrected chi connectivity index (χ3v) is 3.50. The SMILES string of the molecule is Cc1nc2ccc(CN3CCCNCC3)cc2[nH]1. The minimum Gasteiger partial charge on any atom is -0.342 e. The van der Waals surface area contributed by atoms with E-state index in [0.29, 0.717) is 0 Å². The summed E-state index contributed by atoms with van der Waals surface area (Å²) in [7, 11) is 0. The molecule has 0 spiro atoms. The number of hydrogen-bond acceptors (Lipinski definition) is 3. The van der Waals surface area contributed by atoms with E-state index in [9.17, 15) is 0 Å². The van der Waals surface area contributed by atoms with Crippen molar-refractivity contribution in [1.82, 2.24) is 20.2 Å². The van der Waals surface area contributed by atoms with Gasteiger partial charge in [0.1, 0.15) is 5.82 Å². The summed E-state index contributed by atoms with van der Waals surface area (Å²) in [4.78, 5) is 10.3. The molecule has 0 unspecified atom stereocenters. The smallest absolute Gasteiger partial charge is 0.104 e. The molecular formula is C14H20N4. The van der Waals surface area contributed by atoms with Crippen LogP contribution in [0.5, 0.6) is 0 Å². The zero-order valence-electron chi connectivity index (χ0n) is 10.9. The molecule has 2 aromatic rings. The lowest BCUT2D eigenvalue weighted by molar-refractivity contribution is 0.284. The van der Waals surface area contributed by atoms with Gasteiger partial charge in [-0.25, -0.2) is 4.98 Å². The molecule has 96 valence electrons. The molecule has 4 heteroatoms. The number of rotatable bonds is 2. The maximum Gasteiger partial charge on any atom is 0.104 e. The van der Waals surface area contributed by atoms with Crippen molar-refractivity contribution in [3.05, 3.63) is 29.6 Å². The van der Waals surface area contributed by atoms with Crippen LogP contribution in [0.25, 0.3) is 11.0 Å². The van der Waals surface area contributed by atoms with Gasteiger partial charge in [0.2, 0.25) is 0 Å². The number of aromatic amines is 1. The van der Waals surface area contributed by atoms with Crippen molar-refractivity contribution < 1.29 is 0 Å². The van der Waals surface area contributed by atoms with Gasteiger partial charge in [0.05, 0.1) is 11.0 Å². The molecule has 3 rings (SSSR count). The van der Waals surface area contributed by atoms with Gasteiger partial charge >= 0.3 is 0 Å². The van der Waals surface area contributed by atoms with E-state index in [1.165, 1.54) is 18.5 Å². The first-order valence-electron chi connectivity index (χ1n) is 6.69. The molecule has 2 heterocycles. The molecular weight excluding hydrogens is 224 g/mol. The molecule has 0 bridgehead atoms. The third kappa shape index (κ3) is 2.54. The molecule has 1 fully saturated rings. The van der Waals surface area contributed by atoms with Crippen LogP contribution in [0.1, 0.15) is 17.8 Å². The number of imidazole rings is 1. The Hall–Kier alpha value is -1.39. The molecule has 1 aliphatic rings. The number of aryl methyl sites for hydroxylation is 1. The quantitative estimate of drug-likeness (QED) is 0.844. The van der Waals surface area contributed by atoms with E-state index in [0.717, 1.165) is 43.0 Å². The summed E-state index contributed by atoms with van der Waals surface area (Å²) in [5.41, 5.74) is 3.58. The largest absolute Gasteiger partial charge is 0.342 e. The van der Waals surface area contributed by atoms with Crippen molar-refractivity contribution in [3.8, 4) is 0 Å². The fourth-order valence-electron chi connectivity index (χ4n) is 2.60. The van der Waals surface area contributed by atoms with Crippen LogP contribution in [0.4, 0.5) is 0 Å². The monoisotopic (exact) mass is 244 g/mol. The highest BCUT2D eigenvalue weighted by molar-refractivity contribution is 5.75. The normalized spacial score (nSPS) is 18.1. The topological polar surface area (TPSA) is 44.0 Å². The van der Waals surface area contributed by atoms with Crippen molar-refractivity contribution in [2.45, 2.75) is 19.9 Å². The predicted molar refractivity (Wildman–Crippen MR) is 73.6 cm³/mol. The highest BCUT2D eigenvalue weighted by Gasteiger charge is 2.09. The van der Waals surface area contributed by atoms with Gasteiger partial charge in [-0.1, -0.05) is 6.07 Å². The molecule has 1 aliphatic heterocycles. The number of fused-ring (bicyclic) bond motifs is 1. The molecule has 0 aliphatic carbocycles. The number of hydrogen-bond donors (Lipinski definition) is 2. The Morgan fingerprint density at radius 3 is 3.17 bits per heavy atom. The standard InChI is InChI=1S/C14H20N4/c1-11-16-13-4-3-12(9-14(13)17-11)10-18-7-2-5-15-6-8-18/h3-4,9,15H,2,5-8,10H2,1H3,(H,16,17). The minimum absolute atomic E-state index is 0.987. The van der Waals surface area contributed by atoms with Gasteiger partial charge in [-0.2, -0.15) is 0 Å². The summed E-state index contributed by atoms with van der Waals surface area (Å²) in [5.74, 6) is 0.987. The highest BCUT2D eigenvalue weighted by atomic mass is 15.1. The van der Waals surface area contributed by atoms with E-state index in [1.807, 2.05) is 6.92 Å². The van der Waals surface area contributed by atoms with Gasteiger partial charge in [0.15, 0.2) is 0 Å². The van der Waals surface area contributed by atoms with Gasteiger partial charge in [-0.05, 0) is 44.1 Å². The Balaban J connectivity index is 1.76. The molecule has 4 nitrogen and oxygen atoms in total. The Morgan fingerprint density at radius 2 is 2.22 bits per heavy atom. The van der Waals surface area contributed by atoms with Crippen LogP contribution >= 0.6 is 0 Å². The van der Waals surface area contributed by atoms with Crippen molar-refractivity contribution in [2.75, 3.05) is 26.2 Å². The summed E-state index contributed by atoms with van der Waals surface area (Å²) in [5, 5.41) is 3.44. The number of nitrogens with zero attached hydrogens (tertiary/aromatic N) is 2. The maximum absolute atomic E-state index is 4.44. The molecule has 18 heavy (non-hydrogen) atoms. The van der Waals surface area contributed by atoms with Crippen LogP contribution in [0.3, 0.4) is 0 Å². The van der Waals surface area contributed by atoms with Crippen molar-refractivity contribution in [1.29, 1.82) is 0 Å². The van der Waals surface area contributed by atoms with E-state index in [2.05, 4.69) is 38.4 Å². The van der Waals surface area contributed by atoms with Crippen molar-refractivity contribution in [2.24, 2.45) is 0 Å². The average Bonchev–Trinajstić information content (AvgIpc) is 2.56. The Kier molecular flexibility index (Phi) is 3.30. The van der Waals surface area contributed by atoms with Crippen LogP contribution in [0.2, 0.25) is 0 Å². The van der Waals surface area contributed by atoms with Crippen LogP contribution in [0, 0.1) is 6.92 Å². The fourth-order valence-corrected chi connectivity index (χ4v) is 2.60. The molecule has 0 amide bonds. The van der Waals surface area contributed by atoms with Crippen LogP contribution in [-0.4, -0.2) is 41.0 Å². The molecule has 1 saturated heterocycles. The van der Waals surface area contributed by atoms with E-state index in [-0.39, 0.29) is 0 Å². The third-order valence-electron chi connectivity index (χ3n) is 3.50. The number of H-pyrrole nitrogens is 1. The van der Waals surface area contributed by atoms with Gasteiger partial charge in [0.25, 0.3) is 0 Å². The van der Waals surface area contributed by atoms with Crippen molar-refractivity contribution in [3.63, 3.8) is 0 Å². The Bertz CT molecular complexity index is 524. The average molecular weight is 244 g/mol. The zero-order chi connectivity index (χ0) is 12.4. The van der Waals surface area contributed by atoms with E-state index in [4.69, 9.17) is 0 Å². The second-order valence-corrected chi connectivity index (χ2v) is 5.05. The number of nitrogens with one attached hydrogen (secondary N) is 2. The van der Waals surface area contributed by atoms with Crippen LogP contribution < -0.4 is 5.32 Å². The molecule has 1 aromatic carbocycles. The summed E-state index contributed by atoms with van der Waals surface area (Å²) < 4.78 is 0. The van der Waals surface area contributed by atoms with Crippen molar-refractivity contribution >= 4 is 11.0 Å². The Labute approximate surface area is 107 Å². The van der Waals surface area contributed by atoms with Crippen LogP contribution in [0.15, 0.2) is 18.2 Å². The fraction of sp³-hybridized carbons (Fsp3) is 0.500. The first kappa shape index (κ1) is 11.7. The molecule has 0 atom stereocenters. The summed E-state index contributed by atoms with van der Waals surface area (Å²) >= 11 is 0. The molecule has 0 radical (unpaired) electrons. The van der Waals surface area contributed by atoms with Gasteiger partial charge in [0, 0.05) is 19.6 Å². The predicted octanol–water partition coefficient (Wildman–Crippen LogP) is 1.67. The van der Waals surface area contributed by atoms with Gasteiger partial charge < -0.3 is 10.3 Å². The number of aromatic nitrogens is 2. The lowest BCUT2D eigenvalue weighted by atomic mass is 10.2. The lowest BCUT2D eigenvalue weighted by Crippen LogP contribution is -2.27. The molecule has 2 N–H and O–H groups in total. The van der Waals surface area contributed by atoms with E-state index < -0.39 is 0 Å². The highest BCUT2D eigenvalue weighted by Crippen LogP contribution is 2.15. The summed E-state index contributed by atoms with van der Waals surface area (Å²) in [6.07, 6.45) is 1.24.